The fourth-order valence-corrected chi connectivity index (χ4v) is 3.36. The maximum absolute atomic E-state index is 12.9. The average Bonchev–Trinajstić information content (AvgIpc) is 2.57. The molecule has 2 aromatic rings. The summed E-state index contributed by atoms with van der Waals surface area (Å²) in [6.45, 7) is 1.80. The smallest absolute Gasteiger partial charge is 0.235 e. The first-order valence-corrected chi connectivity index (χ1v) is 8.78. The van der Waals surface area contributed by atoms with E-state index in [9.17, 15) is 4.79 Å². The van der Waals surface area contributed by atoms with Crippen LogP contribution in [0.25, 0.3) is 0 Å². The van der Waals surface area contributed by atoms with Gasteiger partial charge in [0.25, 0.3) is 0 Å². The standard InChI is InChI=1S/C18H15Cl2N3OS/c1-10-15(17(24)22-14-5-3-2-4-13(14)20)16(23-18(25)21-10)11-6-8-12(19)9-7-11/h2-9,15-16H,1H3,(H,22,24)(H,23,25). The van der Waals surface area contributed by atoms with E-state index in [1.165, 1.54) is 0 Å². The normalized spacial score (nSPS) is 19.8. The Bertz CT molecular complexity index is 852. The van der Waals surface area contributed by atoms with E-state index in [0.717, 1.165) is 5.56 Å². The monoisotopic (exact) mass is 391 g/mol. The van der Waals surface area contributed by atoms with Crippen LogP contribution < -0.4 is 10.6 Å². The number of rotatable bonds is 3. The molecular weight excluding hydrogens is 377 g/mol. The van der Waals surface area contributed by atoms with Crippen molar-refractivity contribution in [2.24, 2.45) is 10.9 Å². The van der Waals surface area contributed by atoms with Gasteiger partial charge < -0.3 is 10.6 Å². The van der Waals surface area contributed by atoms with Gasteiger partial charge in [-0.2, -0.15) is 0 Å². The van der Waals surface area contributed by atoms with Crippen molar-refractivity contribution in [3.63, 3.8) is 0 Å². The Labute approximate surface area is 161 Å². The highest BCUT2D eigenvalue weighted by Crippen LogP contribution is 2.30. The zero-order valence-corrected chi connectivity index (χ0v) is 15.6. The second-order valence-corrected chi connectivity index (χ2v) is 6.91. The van der Waals surface area contributed by atoms with Crippen LogP contribution in [0.4, 0.5) is 5.69 Å². The quantitative estimate of drug-likeness (QED) is 0.749. The molecule has 2 atom stereocenters. The predicted molar refractivity (Wildman–Crippen MR) is 107 cm³/mol. The molecule has 2 aromatic carbocycles. The number of hydrogen-bond acceptors (Lipinski definition) is 2. The molecule has 0 bridgehead atoms. The summed E-state index contributed by atoms with van der Waals surface area (Å²) >= 11 is 17.3. The third-order valence-electron chi connectivity index (χ3n) is 3.98. The van der Waals surface area contributed by atoms with Gasteiger partial charge in [-0.25, -0.2) is 4.99 Å². The predicted octanol–water partition coefficient (Wildman–Crippen LogP) is 4.64. The van der Waals surface area contributed by atoms with Gasteiger partial charge in [0.15, 0.2) is 5.11 Å². The Morgan fingerprint density at radius 2 is 1.84 bits per heavy atom. The van der Waals surface area contributed by atoms with Crippen molar-refractivity contribution < 1.29 is 4.79 Å². The third kappa shape index (κ3) is 4.00. The Kier molecular flexibility index (Phi) is 5.37. The topological polar surface area (TPSA) is 53.5 Å². The fourth-order valence-electron chi connectivity index (χ4n) is 2.78. The van der Waals surface area contributed by atoms with Gasteiger partial charge in [-0.3, -0.25) is 4.79 Å². The number of halogens is 2. The summed E-state index contributed by atoms with van der Waals surface area (Å²) in [5, 5.41) is 7.47. The molecule has 2 N–H and O–H groups in total. The molecule has 0 radical (unpaired) electrons. The number of hydrogen-bond donors (Lipinski definition) is 2. The minimum atomic E-state index is -0.524. The number of anilines is 1. The van der Waals surface area contributed by atoms with Gasteiger partial charge in [-0.05, 0) is 49.0 Å². The van der Waals surface area contributed by atoms with E-state index in [0.29, 0.717) is 26.6 Å². The summed E-state index contributed by atoms with van der Waals surface area (Å²) < 4.78 is 0. The SMILES string of the molecule is CC1=NC(=S)NC(c2ccc(Cl)cc2)C1C(=O)Nc1ccccc1Cl. The van der Waals surface area contributed by atoms with Crippen LogP contribution in [0.5, 0.6) is 0 Å². The van der Waals surface area contributed by atoms with Gasteiger partial charge in [-0.1, -0.05) is 47.5 Å². The zero-order chi connectivity index (χ0) is 18.0. The number of aliphatic imine (C=N–C) groups is 1. The van der Waals surface area contributed by atoms with E-state index < -0.39 is 5.92 Å². The summed E-state index contributed by atoms with van der Waals surface area (Å²) in [6.07, 6.45) is 0. The van der Waals surface area contributed by atoms with Gasteiger partial charge in [0, 0.05) is 10.7 Å². The number of para-hydroxylation sites is 1. The van der Waals surface area contributed by atoms with Crippen LogP contribution in [0.3, 0.4) is 0 Å². The van der Waals surface area contributed by atoms with E-state index in [1.807, 2.05) is 24.3 Å². The molecule has 4 nitrogen and oxygen atoms in total. The second kappa shape index (κ2) is 7.52. The number of thiocarbonyl (C=S) groups is 1. The number of benzene rings is 2. The van der Waals surface area contributed by atoms with Crippen LogP contribution in [0.2, 0.25) is 10.0 Å². The molecular formula is C18H15Cl2N3OS. The van der Waals surface area contributed by atoms with Gasteiger partial charge in [-0.15, -0.1) is 0 Å². The molecule has 0 aromatic heterocycles. The number of carbonyl (C=O) groups excluding carboxylic acids is 1. The van der Waals surface area contributed by atoms with E-state index >= 15 is 0 Å². The highest BCUT2D eigenvalue weighted by Gasteiger charge is 2.36. The second-order valence-electron chi connectivity index (χ2n) is 5.68. The molecule has 0 fully saturated rings. The highest BCUT2D eigenvalue weighted by atomic mass is 35.5. The number of nitrogens with zero attached hydrogens (tertiary/aromatic N) is 1. The van der Waals surface area contributed by atoms with Crippen molar-refractivity contribution >= 4 is 57.8 Å². The minimum Gasteiger partial charge on any atom is -0.353 e. The van der Waals surface area contributed by atoms with Gasteiger partial charge in [0.1, 0.15) is 5.92 Å². The lowest BCUT2D eigenvalue weighted by Gasteiger charge is -2.31. The molecule has 1 heterocycles. The summed E-state index contributed by atoms with van der Waals surface area (Å²) in [7, 11) is 0. The fraction of sp³-hybridized carbons (Fsp3) is 0.167. The molecule has 3 rings (SSSR count). The maximum Gasteiger partial charge on any atom is 0.235 e. The average molecular weight is 392 g/mol. The minimum absolute atomic E-state index is 0.204. The zero-order valence-electron chi connectivity index (χ0n) is 13.3. The van der Waals surface area contributed by atoms with Crippen molar-refractivity contribution in [3.05, 3.63) is 64.1 Å². The van der Waals surface area contributed by atoms with Gasteiger partial charge in [0.2, 0.25) is 5.91 Å². The van der Waals surface area contributed by atoms with Gasteiger partial charge >= 0.3 is 0 Å². The molecule has 1 aliphatic heterocycles. The molecule has 25 heavy (non-hydrogen) atoms. The van der Waals surface area contributed by atoms with E-state index in [1.54, 1.807) is 31.2 Å². The van der Waals surface area contributed by atoms with Crippen molar-refractivity contribution in [1.82, 2.24) is 5.32 Å². The number of amides is 1. The molecule has 0 aliphatic carbocycles. The van der Waals surface area contributed by atoms with Crippen molar-refractivity contribution in [3.8, 4) is 0 Å². The van der Waals surface area contributed by atoms with Crippen molar-refractivity contribution in [2.45, 2.75) is 13.0 Å². The molecule has 7 heteroatoms. The van der Waals surface area contributed by atoms with E-state index in [4.69, 9.17) is 35.4 Å². The Hall–Kier alpha value is -1.95. The maximum atomic E-state index is 12.9. The Morgan fingerprint density at radius 3 is 2.52 bits per heavy atom. The number of nitrogens with one attached hydrogen (secondary N) is 2. The molecule has 2 unspecified atom stereocenters. The summed E-state index contributed by atoms with van der Waals surface area (Å²) in [4.78, 5) is 17.2. The molecule has 128 valence electrons. The molecule has 0 saturated heterocycles. The summed E-state index contributed by atoms with van der Waals surface area (Å²) in [5.74, 6) is -0.728. The summed E-state index contributed by atoms with van der Waals surface area (Å²) in [6, 6.07) is 14.1. The van der Waals surface area contributed by atoms with Crippen LogP contribution in [-0.4, -0.2) is 16.7 Å². The van der Waals surface area contributed by atoms with Crippen LogP contribution in [-0.2, 0) is 4.79 Å². The lowest BCUT2D eigenvalue weighted by atomic mass is 9.87. The molecule has 0 spiro atoms. The van der Waals surface area contributed by atoms with Crippen molar-refractivity contribution in [1.29, 1.82) is 0 Å². The third-order valence-corrected chi connectivity index (χ3v) is 4.77. The first-order valence-electron chi connectivity index (χ1n) is 7.62. The lowest BCUT2D eigenvalue weighted by molar-refractivity contribution is -0.118. The highest BCUT2D eigenvalue weighted by molar-refractivity contribution is 7.80. The molecule has 1 aliphatic rings. The van der Waals surface area contributed by atoms with Crippen LogP contribution >= 0.6 is 35.4 Å². The largest absolute Gasteiger partial charge is 0.353 e. The molecule has 1 amide bonds. The Morgan fingerprint density at radius 1 is 1.16 bits per heavy atom. The first-order chi connectivity index (χ1) is 12.0. The lowest BCUT2D eigenvalue weighted by Crippen LogP contribution is -2.45. The van der Waals surface area contributed by atoms with E-state index in [-0.39, 0.29) is 11.9 Å². The van der Waals surface area contributed by atoms with Crippen LogP contribution in [0.1, 0.15) is 18.5 Å². The molecule has 0 saturated carbocycles. The van der Waals surface area contributed by atoms with Crippen LogP contribution in [0.15, 0.2) is 53.5 Å². The number of carbonyl (C=O) groups is 1. The van der Waals surface area contributed by atoms with Gasteiger partial charge in [0.05, 0.1) is 16.8 Å². The first kappa shape index (κ1) is 17.9. The van der Waals surface area contributed by atoms with E-state index in [2.05, 4.69) is 15.6 Å². The Balaban J connectivity index is 1.93. The summed E-state index contributed by atoms with van der Waals surface area (Å²) in [5.41, 5.74) is 2.11. The van der Waals surface area contributed by atoms with Crippen molar-refractivity contribution in [2.75, 3.05) is 5.32 Å². The van der Waals surface area contributed by atoms with Crippen LogP contribution in [0, 0.1) is 5.92 Å².